The van der Waals surface area contributed by atoms with Crippen molar-refractivity contribution in [3.05, 3.63) is 59.7 Å². The summed E-state index contributed by atoms with van der Waals surface area (Å²) in [5, 5.41) is 3.00. The van der Waals surface area contributed by atoms with E-state index in [1.807, 2.05) is 53.4 Å². The van der Waals surface area contributed by atoms with Crippen LogP contribution in [-0.2, 0) is 11.2 Å². The highest BCUT2D eigenvalue weighted by Gasteiger charge is 2.25. The van der Waals surface area contributed by atoms with E-state index < -0.39 is 0 Å². The van der Waals surface area contributed by atoms with E-state index in [4.69, 9.17) is 14.2 Å². The van der Waals surface area contributed by atoms with Crippen molar-refractivity contribution >= 4 is 6.03 Å². The third kappa shape index (κ3) is 4.92. The molecule has 0 radical (unpaired) electrons. The molecule has 6 nitrogen and oxygen atoms in total. The van der Waals surface area contributed by atoms with Crippen molar-refractivity contribution in [3.8, 4) is 11.5 Å². The van der Waals surface area contributed by atoms with E-state index in [1.54, 1.807) is 14.2 Å². The van der Waals surface area contributed by atoms with E-state index in [-0.39, 0.29) is 12.1 Å². The molecule has 0 spiro atoms. The van der Waals surface area contributed by atoms with Crippen molar-refractivity contribution in [1.82, 2.24) is 10.2 Å². The van der Waals surface area contributed by atoms with Crippen LogP contribution < -0.4 is 14.8 Å². The minimum absolute atomic E-state index is 0.0558. The van der Waals surface area contributed by atoms with Crippen molar-refractivity contribution in [1.29, 1.82) is 0 Å². The third-order valence-electron chi connectivity index (χ3n) is 4.66. The Hall–Kier alpha value is -2.73. The fourth-order valence-electron chi connectivity index (χ4n) is 3.16. The molecule has 144 valence electrons. The van der Waals surface area contributed by atoms with Crippen molar-refractivity contribution in [2.75, 3.05) is 40.5 Å². The van der Waals surface area contributed by atoms with Gasteiger partial charge in [0.05, 0.1) is 27.4 Å². The summed E-state index contributed by atoms with van der Waals surface area (Å²) in [6, 6.07) is 15.7. The first-order chi connectivity index (χ1) is 13.2. The number of morpholine rings is 1. The summed E-state index contributed by atoms with van der Waals surface area (Å²) in [7, 11) is 3.23. The van der Waals surface area contributed by atoms with Gasteiger partial charge in [0.1, 0.15) is 6.10 Å². The maximum atomic E-state index is 12.5. The van der Waals surface area contributed by atoms with Crippen molar-refractivity contribution in [3.63, 3.8) is 0 Å². The van der Waals surface area contributed by atoms with Crippen molar-refractivity contribution in [2.24, 2.45) is 0 Å². The van der Waals surface area contributed by atoms with Crippen LogP contribution in [0.15, 0.2) is 48.5 Å². The maximum Gasteiger partial charge on any atom is 0.317 e. The predicted molar refractivity (Wildman–Crippen MR) is 103 cm³/mol. The number of methoxy groups -OCH3 is 2. The van der Waals surface area contributed by atoms with Crippen LogP contribution in [0, 0.1) is 0 Å². The normalized spacial score (nSPS) is 16.7. The standard InChI is InChI=1S/C21H26N2O4/c1-25-18-9-8-16(14-19(18)26-2)10-11-22-21(24)23-12-13-27-20(15-23)17-6-4-3-5-7-17/h3-9,14,20H,10-13,15H2,1-2H3,(H,22,24)/t20-/m1/s1. The number of hydrogen-bond donors (Lipinski definition) is 1. The van der Waals surface area contributed by atoms with Crippen molar-refractivity contribution in [2.45, 2.75) is 12.5 Å². The Bertz CT molecular complexity index is 751. The highest BCUT2D eigenvalue weighted by atomic mass is 16.5. The highest BCUT2D eigenvalue weighted by molar-refractivity contribution is 5.74. The molecule has 0 saturated carbocycles. The second-order valence-corrected chi connectivity index (χ2v) is 6.39. The van der Waals surface area contributed by atoms with Gasteiger partial charge in [-0.3, -0.25) is 0 Å². The fourth-order valence-corrected chi connectivity index (χ4v) is 3.16. The minimum atomic E-state index is -0.0726. The van der Waals surface area contributed by atoms with Crippen LogP contribution in [0.3, 0.4) is 0 Å². The van der Waals surface area contributed by atoms with E-state index in [9.17, 15) is 4.79 Å². The first-order valence-corrected chi connectivity index (χ1v) is 9.11. The number of carbonyl (C=O) groups excluding carboxylic acids is 1. The predicted octanol–water partition coefficient (Wildman–Crippen LogP) is 3.03. The lowest BCUT2D eigenvalue weighted by molar-refractivity contribution is -0.0153. The van der Waals surface area contributed by atoms with E-state index >= 15 is 0 Å². The maximum absolute atomic E-state index is 12.5. The quantitative estimate of drug-likeness (QED) is 0.849. The molecule has 0 aromatic heterocycles. The van der Waals surface area contributed by atoms with Gasteiger partial charge in [0.2, 0.25) is 0 Å². The zero-order valence-electron chi connectivity index (χ0n) is 15.8. The molecule has 2 aromatic carbocycles. The molecule has 2 aromatic rings. The smallest absolute Gasteiger partial charge is 0.317 e. The van der Waals surface area contributed by atoms with Gasteiger partial charge in [-0.25, -0.2) is 4.79 Å². The van der Waals surface area contributed by atoms with Gasteiger partial charge in [-0.1, -0.05) is 36.4 Å². The van der Waals surface area contributed by atoms with Crippen LogP contribution >= 0.6 is 0 Å². The molecule has 1 fully saturated rings. The fraction of sp³-hybridized carbons (Fsp3) is 0.381. The number of hydrogen-bond acceptors (Lipinski definition) is 4. The monoisotopic (exact) mass is 370 g/mol. The molecule has 0 bridgehead atoms. The zero-order valence-corrected chi connectivity index (χ0v) is 15.8. The van der Waals surface area contributed by atoms with Gasteiger partial charge < -0.3 is 24.4 Å². The van der Waals surface area contributed by atoms with E-state index in [2.05, 4.69) is 5.32 Å². The Morgan fingerprint density at radius 1 is 1.15 bits per heavy atom. The number of rotatable bonds is 6. The number of carbonyl (C=O) groups is 1. The summed E-state index contributed by atoms with van der Waals surface area (Å²) >= 11 is 0. The summed E-state index contributed by atoms with van der Waals surface area (Å²) < 4.78 is 16.4. The number of nitrogens with zero attached hydrogens (tertiary/aromatic N) is 1. The number of ether oxygens (including phenoxy) is 3. The summed E-state index contributed by atoms with van der Waals surface area (Å²) in [6.45, 7) is 2.27. The molecule has 0 unspecified atom stereocenters. The van der Waals surface area contributed by atoms with Crippen LogP contribution in [0.4, 0.5) is 4.79 Å². The average molecular weight is 370 g/mol. The van der Waals surface area contributed by atoms with E-state index in [1.165, 1.54) is 0 Å². The zero-order chi connectivity index (χ0) is 19.1. The van der Waals surface area contributed by atoms with E-state index in [0.717, 1.165) is 17.5 Å². The third-order valence-corrected chi connectivity index (χ3v) is 4.66. The van der Waals surface area contributed by atoms with Crippen LogP contribution in [0.2, 0.25) is 0 Å². The minimum Gasteiger partial charge on any atom is -0.493 e. The topological polar surface area (TPSA) is 60.0 Å². The van der Waals surface area contributed by atoms with Gasteiger partial charge in [0, 0.05) is 13.1 Å². The van der Waals surface area contributed by atoms with Crippen LogP contribution in [-0.4, -0.2) is 51.4 Å². The number of benzene rings is 2. The van der Waals surface area contributed by atoms with Crippen LogP contribution in [0.25, 0.3) is 0 Å². The molecular weight excluding hydrogens is 344 g/mol. The summed E-state index contributed by atoms with van der Waals surface area (Å²) in [5.74, 6) is 1.39. The summed E-state index contributed by atoms with van der Waals surface area (Å²) in [5.41, 5.74) is 2.18. The first kappa shape index (κ1) is 19.0. The van der Waals surface area contributed by atoms with Crippen LogP contribution in [0.1, 0.15) is 17.2 Å². The van der Waals surface area contributed by atoms with Gasteiger partial charge in [0.25, 0.3) is 0 Å². The molecular formula is C21H26N2O4. The van der Waals surface area contributed by atoms with Crippen LogP contribution in [0.5, 0.6) is 11.5 Å². The Balaban J connectivity index is 1.50. The lowest BCUT2D eigenvalue weighted by Crippen LogP contribution is -2.47. The van der Waals surface area contributed by atoms with Gasteiger partial charge in [-0.05, 0) is 29.7 Å². The molecule has 1 atom stereocenters. The highest BCUT2D eigenvalue weighted by Crippen LogP contribution is 2.27. The largest absolute Gasteiger partial charge is 0.493 e. The molecule has 27 heavy (non-hydrogen) atoms. The summed E-state index contributed by atoms with van der Waals surface area (Å²) in [4.78, 5) is 14.3. The average Bonchev–Trinajstić information content (AvgIpc) is 2.74. The molecule has 1 aliphatic rings. The number of nitrogens with one attached hydrogen (secondary N) is 1. The van der Waals surface area contributed by atoms with E-state index in [0.29, 0.717) is 37.7 Å². The number of urea groups is 1. The molecule has 2 amide bonds. The first-order valence-electron chi connectivity index (χ1n) is 9.11. The van der Waals surface area contributed by atoms with Crippen molar-refractivity contribution < 1.29 is 19.0 Å². The molecule has 0 aliphatic carbocycles. The Morgan fingerprint density at radius 3 is 2.67 bits per heavy atom. The lowest BCUT2D eigenvalue weighted by atomic mass is 10.1. The van der Waals surface area contributed by atoms with Gasteiger partial charge in [-0.2, -0.15) is 0 Å². The Labute approximate surface area is 160 Å². The molecule has 1 heterocycles. The Morgan fingerprint density at radius 2 is 1.93 bits per heavy atom. The molecule has 3 rings (SSSR count). The molecule has 1 N–H and O–H groups in total. The lowest BCUT2D eigenvalue weighted by Gasteiger charge is -2.33. The Kier molecular flexibility index (Phi) is 6.54. The van der Waals surface area contributed by atoms with Gasteiger partial charge in [-0.15, -0.1) is 0 Å². The summed E-state index contributed by atoms with van der Waals surface area (Å²) in [6.07, 6.45) is 0.648. The molecule has 1 aliphatic heterocycles. The SMILES string of the molecule is COc1ccc(CCNC(=O)N2CCO[C@@H](c3ccccc3)C2)cc1OC. The molecule has 6 heteroatoms. The number of amides is 2. The second kappa shape index (κ2) is 9.28. The van der Waals surface area contributed by atoms with Gasteiger partial charge >= 0.3 is 6.03 Å². The second-order valence-electron chi connectivity index (χ2n) is 6.39. The molecule has 1 saturated heterocycles. The van der Waals surface area contributed by atoms with Gasteiger partial charge in [0.15, 0.2) is 11.5 Å².